The minimum atomic E-state index is -4.16. The molecule has 1 aliphatic rings. The molecule has 1 aliphatic heterocycles. The van der Waals surface area contributed by atoms with Gasteiger partial charge in [-0.2, -0.15) is 4.36 Å². The Kier molecular flexibility index (Phi) is 3.66. The SMILES string of the molecule is O=S(=O)(Cl)c1cc(N=S2(=O)CCCC2)ccc1F. The summed E-state index contributed by atoms with van der Waals surface area (Å²) in [5.74, 6) is 0.0473. The first-order chi connectivity index (χ1) is 8.30. The average Bonchev–Trinajstić information content (AvgIpc) is 2.66. The molecule has 1 fully saturated rings. The van der Waals surface area contributed by atoms with Crippen LogP contribution in [0.2, 0.25) is 0 Å². The topological polar surface area (TPSA) is 63.6 Å². The summed E-state index contributed by atoms with van der Waals surface area (Å²) in [6.07, 6.45) is 1.67. The van der Waals surface area contributed by atoms with E-state index in [0.717, 1.165) is 25.0 Å². The van der Waals surface area contributed by atoms with Gasteiger partial charge in [-0.15, -0.1) is 0 Å². The Labute approximate surface area is 110 Å². The van der Waals surface area contributed by atoms with Gasteiger partial charge in [0.05, 0.1) is 15.4 Å². The van der Waals surface area contributed by atoms with Crippen LogP contribution in [-0.4, -0.2) is 24.1 Å². The van der Waals surface area contributed by atoms with Crippen molar-refractivity contribution in [2.24, 2.45) is 4.36 Å². The van der Waals surface area contributed by atoms with Crippen molar-refractivity contribution in [2.45, 2.75) is 17.7 Å². The monoisotopic (exact) mass is 311 g/mol. The molecule has 0 atom stereocenters. The second kappa shape index (κ2) is 4.79. The van der Waals surface area contributed by atoms with Crippen LogP contribution in [0.5, 0.6) is 0 Å². The summed E-state index contributed by atoms with van der Waals surface area (Å²) >= 11 is 0. The summed E-state index contributed by atoms with van der Waals surface area (Å²) in [4.78, 5) is -0.633. The highest BCUT2D eigenvalue weighted by Crippen LogP contribution is 2.27. The third kappa shape index (κ3) is 3.02. The highest BCUT2D eigenvalue weighted by Gasteiger charge is 2.19. The van der Waals surface area contributed by atoms with E-state index >= 15 is 0 Å². The van der Waals surface area contributed by atoms with Gasteiger partial charge in [0, 0.05) is 22.2 Å². The molecule has 18 heavy (non-hydrogen) atoms. The second-order valence-electron chi connectivity index (χ2n) is 4.03. The smallest absolute Gasteiger partial charge is 0.249 e. The number of halogens is 2. The van der Waals surface area contributed by atoms with Crippen LogP contribution < -0.4 is 0 Å². The number of hydrogen-bond donors (Lipinski definition) is 0. The number of rotatable bonds is 2. The zero-order valence-electron chi connectivity index (χ0n) is 9.30. The number of benzene rings is 1. The van der Waals surface area contributed by atoms with E-state index in [4.69, 9.17) is 10.7 Å². The van der Waals surface area contributed by atoms with Crippen molar-refractivity contribution >= 4 is 35.1 Å². The van der Waals surface area contributed by atoms with Crippen LogP contribution in [0.3, 0.4) is 0 Å². The van der Waals surface area contributed by atoms with Crippen LogP contribution in [-0.2, 0) is 18.8 Å². The normalized spacial score (nSPS) is 18.8. The fraction of sp³-hybridized carbons (Fsp3) is 0.400. The molecule has 8 heteroatoms. The molecule has 0 bridgehead atoms. The maximum absolute atomic E-state index is 13.3. The summed E-state index contributed by atoms with van der Waals surface area (Å²) in [7, 11) is -1.38. The maximum Gasteiger partial charge on any atom is 0.264 e. The highest BCUT2D eigenvalue weighted by atomic mass is 35.7. The molecule has 4 nitrogen and oxygen atoms in total. The van der Waals surface area contributed by atoms with Crippen molar-refractivity contribution in [1.82, 2.24) is 0 Å². The summed E-state index contributed by atoms with van der Waals surface area (Å²) < 4.78 is 51.8. The van der Waals surface area contributed by atoms with Crippen LogP contribution in [0.25, 0.3) is 0 Å². The summed E-state index contributed by atoms with van der Waals surface area (Å²) in [5, 5.41) is 0. The summed E-state index contributed by atoms with van der Waals surface area (Å²) in [6, 6.07) is 3.28. The molecule has 1 aromatic carbocycles. The average molecular weight is 312 g/mol. The first-order valence-corrected chi connectivity index (χ1v) is 9.43. The van der Waals surface area contributed by atoms with Crippen LogP contribution in [0.4, 0.5) is 10.1 Å². The largest absolute Gasteiger partial charge is 0.264 e. The van der Waals surface area contributed by atoms with Crippen molar-refractivity contribution in [3.8, 4) is 0 Å². The van der Waals surface area contributed by atoms with E-state index in [9.17, 15) is 17.0 Å². The first-order valence-electron chi connectivity index (χ1n) is 5.27. The van der Waals surface area contributed by atoms with Gasteiger partial charge < -0.3 is 0 Å². The van der Waals surface area contributed by atoms with Crippen LogP contribution in [0.15, 0.2) is 27.5 Å². The van der Waals surface area contributed by atoms with Crippen LogP contribution in [0.1, 0.15) is 12.8 Å². The van der Waals surface area contributed by atoms with E-state index in [1.54, 1.807) is 0 Å². The second-order valence-corrected chi connectivity index (χ2v) is 9.11. The van der Waals surface area contributed by atoms with Gasteiger partial charge in [-0.05, 0) is 31.0 Å². The third-order valence-corrected chi connectivity index (χ3v) is 6.36. The first kappa shape index (κ1) is 13.8. The van der Waals surface area contributed by atoms with Crippen LogP contribution in [0, 0.1) is 5.82 Å². The lowest BCUT2D eigenvalue weighted by atomic mass is 10.3. The van der Waals surface area contributed by atoms with E-state index in [-0.39, 0.29) is 5.69 Å². The Morgan fingerprint density at radius 2 is 1.89 bits per heavy atom. The Morgan fingerprint density at radius 1 is 1.28 bits per heavy atom. The molecule has 1 saturated heterocycles. The van der Waals surface area contributed by atoms with E-state index < -0.39 is 29.5 Å². The Balaban J connectivity index is 2.52. The minimum Gasteiger partial charge on any atom is -0.249 e. The van der Waals surface area contributed by atoms with Crippen LogP contribution >= 0.6 is 10.7 Å². The molecule has 1 aromatic rings. The Morgan fingerprint density at radius 3 is 2.44 bits per heavy atom. The van der Waals surface area contributed by atoms with E-state index in [2.05, 4.69) is 4.36 Å². The van der Waals surface area contributed by atoms with Gasteiger partial charge in [-0.1, -0.05) is 0 Å². The third-order valence-electron chi connectivity index (χ3n) is 2.63. The fourth-order valence-corrected chi connectivity index (χ4v) is 4.89. The molecular formula is C10H11ClFNO3S2. The quantitative estimate of drug-likeness (QED) is 0.789. The van der Waals surface area contributed by atoms with Crippen molar-refractivity contribution in [1.29, 1.82) is 0 Å². The number of hydrogen-bond acceptors (Lipinski definition) is 4. The minimum absolute atomic E-state index is 0.183. The highest BCUT2D eigenvalue weighted by molar-refractivity contribution is 8.13. The van der Waals surface area contributed by atoms with Gasteiger partial charge in [0.2, 0.25) is 0 Å². The van der Waals surface area contributed by atoms with Crippen molar-refractivity contribution in [3.63, 3.8) is 0 Å². The standard InChI is InChI=1S/C10H11ClFNO3S2/c11-18(15,16)10-7-8(3-4-9(10)12)13-17(14)5-1-2-6-17/h3-4,7H,1-2,5-6H2. The Hall–Kier alpha value is -0.660. The lowest BCUT2D eigenvalue weighted by Gasteiger charge is -2.03. The van der Waals surface area contributed by atoms with Gasteiger partial charge in [0.15, 0.2) is 0 Å². The molecule has 0 unspecified atom stereocenters. The summed E-state index contributed by atoms with van der Waals surface area (Å²) in [5.41, 5.74) is 0.183. The zero-order chi connectivity index (χ0) is 13.4. The molecule has 0 radical (unpaired) electrons. The molecule has 100 valence electrons. The molecular weight excluding hydrogens is 301 g/mol. The molecule has 0 N–H and O–H groups in total. The lowest BCUT2D eigenvalue weighted by molar-refractivity contribution is 0.575. The van der Waals surface area contributed by atoms with Crippen molar-refractivity contribution in [2.75, 3.05) is 11.5 Å². The molecule has 0 aromatic heterocycles. The molecule has 0 aliphatic carbocycles. The van der Waals surface area contributed by atoms with Gasteiger partial charge in [0.1, 0.15) is 10.7 Å². The molecule has 0 amide bonds. The van der Waals surface area contributed by atoms with Gasteiger partial charge >= 0.3 is 0 Å². The zero-order valence-corrected chi connectivity index (χ0v) is 11.7. The summed E-state index contributed by atoms with van der Waals surface area (Å²) in [6.45, 7) is 0. The lowest BCUT2D eigenvalue weighted by Crippen LogP contribution is -2.00. The molecule has 2 rings (SSSR count). The molecule has 0 saturated carbocycles. The predicted octanol–water partition coefficient (Wildman–Crippen LogP) is 2.65. The van der Waals surface area contributed by atoms with E-state index in [0.29, 0.717) is 11.5 Å². The van der Waals surface area contributed by atoms with E-state index in [1.807, 2.05) is 0 Å². The predicted molar refractivity (Wildman–Crippen MR) is 68.6 cm³/mol. The molecule has 0 spiro atoms. The van der Waals surface area contributed by atoms with Gasteiger partial charge in [-0.25, -0.2) is 17.0 Å². The van der Waals surface area contributed by atoms with Crippen molar-refractivity contribution < 1.29 is 17.0 Å². The van der Waals surface area contributed by atoms with Gasteiger partial charge in [0.25, 0.3) is 9.05 Å². The maximum atomic E-state index is 13.3. The van der Waals surface area contributed by atoms with E-state index in [1.165, 1.54) is 6.07 Å². The Bertz CT molecular complexity index is 681. The fourth-order valence-electron chi connectivity index (χ4n) is 1.78. The van der Waals surface area contributed by atoms with Crippen molar-refractivity contribution in [3.05, 3.63) is 24.0 Å². The number of nitrogens with zero attached hydrogens (tertiary/aromatic N) is 1. The van der Waals surface area contributed by atoms with Gasteiger partial charge in [-0.3, -0.25) is 0 Å². The molecule has 1 heterocycles.